The summed E-state index contributed by atoms with van der Waals surface area (Å²) in [6.45, 7) is 0. The molecule has 0 bridgehead atoms. The van der Waals surface area contributed by atoms with Crippen LogP contribution in [-0.2, 0) is 0 Å². The smallest absolute Gasteiger partial charge is 0.135 e. The van der Waals surface area contributed by atoms with Gasteiger partial charge in [-0.25, -0.2) is 0 Å². The van der Waals surface area contributed by atoms with Crippen molar-refractivity contribution in [3.63, 3.8) is 0 Å². The Bertz CT molecular complexity index is 48.1. The van der Waals surface area contributed by atoms with Gasteiger partial charge in [-0.1, -0.05) is 0 Å². The van der Waals surface area contributed by atoms with Crippen LogP contribution in [0.4, 0.5) is 0 Å². The molecule has 0 rings (SSSR count). The Labute approximate surface area is 34.4 Å². The highest BCUT2D eigenvalue weighted by Crippen LogP contribution is 1.87. The molecule has 0 aliphatic carbocycles. The van der Waals surface area contributed by atoms with Gasteiger partial charge in [-0.3, -0.25) is 0 Å². The molecule has 0 aromatic rings. The highest BCUT2D eigenvalue weighted by atomic mass is 32.2. The molecule has 1 N–H and O–H groups in total. The summed E-state index contributed by atoms with van der Waals surface area (Å²) in [6.07, 6.45) is 0. The van der Waals surface area contributed by atoms with Gasteiger partial charge in [0.2, 0.25) is 0 Å². The molecule has 0 unspecified atom stereocenters. The fraction of sp³-hybridized carbons (Fsp3) is 0.500. The third-order valence-corrected chi connectivity index (χ3v) is 0.387. The highest BCUT2D eigenvalue weighted by Gasteiger charge is 1.66. The normalized spacial score (nSPS) is 6.40. The second-order valence-electron chi connectivity index (χ2n) is 0.365. The minimum Gasteiger partial charge on any atom is -0.385 e. The van der Waals surface area contributed by atoms with E-state index in [0.29, 0.717) is 0 Å². The monoisotopic (exact) mass is 89.0 g/mol. The molecule has 0 saturated heterocycles. The maximum atomic E-state index is 7.81. The van der Waals surface area contributed by atoms with Gasteiger partial charge in [0.05, 0.1) is 0 Å². The molecule has 0 fully saturated rings. The zero-order valence-corrected chi connectivity index (χ0v) is 3.33. The maximum absolute atomic E-state index is 7.81. The van der Waals surface area contributed by atoms with E-state index in [1.807, 2.05) is 0 Å². The lowest BCUT2D eigenvalue weighted by atomic mass is 11.7. The summed E-state index contributed by atoms with van der Waals surface area (Å²) in [5.41, 5.74) is 0. The molecule has 28 valence electrons. The number of aliphatic hydroxyl groups is 1. The number of thioether (sulfide) groups is 1. The van der Waals surface area contributed by atoms with Gasteiger partial charge in [0.1, 0.15) is 11.3 Å². The molecule has 3 heteroatoms. The quantitative estimate of drug-likeness (QED) is 0.367. The number of thiocyanates is 1. The summed E-state index contributed by atoms with van der Waals surface area (Å²) >= 11 is 0.824. The molecule has 0 aromatic carbocycles. The van der Waals surface area contributed by atoms with Gasteiger partial charge in [-0.2, -0.15) is 5.26 Å². The Morgan fingerprint density at radius 1 is 2.00 bits per heavy atom. The molecular formula is C2H3NOS. The largest absolute Gasteiger partial charge is 0.385 e. The van der Waals surface area contributed by atoms with Gasteiger partial charge in [0, 0.05) is 0 Å². The van der Waals surface area contributed by atoms with Gasteiger partial charge in [-0.15, -0.1) is 0 Å². The van der Waals surface area contributed by atoms with E-state index in [1.54, 1.807) is 5.40 Å². The Morgan fingerprint density at radius 2 is 2.60 bits per heavy atom. The summed E-state index contributed by atoms with van der Waals surface area (Å²) in [5.74, 6) is -0.101. The Kier molecular flexibility index (Phi) is 3.65. The maximum Gasteiger partial charge on any atom is 0.135 e. The molecule has 0 spiro atoms. The van der Waals surface area contributed by atoms with E-state index in [4.69, 9.17) is 10.4 Å². The van der Waals surface area contributed by atoms with Crippen LogP contribution in [0.1, 0.15) is 0 Å². The van der Waals surface area contributed by atoms with Crippen molar-refractivity contribution < 1.29 is 5.11 Å². The molecule has 0 heterocycles. The van der Waals surface area contributed by atoms with E-state index >= 15 is 0 Å². The van der Waals surface area contributed by atoms with Crippen molar-refractivity contribution in [2.24, 2.45) is 0 Å². The molecule has 0 saturated carbocycles. The van der Waals surface area contributed by atoms with Crippen molar-refractivity contribution in [1.82, 2.24) is 0 Å². The van der Waals surface area contributed by atoms with E-state index < -0.39 is 0 Å². The molecule has 0 radical (unpaired) electrons. The average molecular weight is 89.1 g/mol. The second-order valence-corrected chi connectivity index (χ2v) is 1.09. The topological polar surface area (TPSA) is 44.0 Å². The zero-order valence-electron chi connectivity index (χ0n) is 2.51. The number of rotatable bonds is 1. The van der Waals surface area contributed by atoms with E-state index in [0.717, 1.165) is 11.8 Å². The first-order chi connectivity index (χ1) is 2.41. The molecule has 0 aliphatic heterocycles. The lowest BCUT2D eigenvalue weighted by molar-refractivity contribution is 0.376. The minimum atomic E-state index is -0.101. The first-order valence-corrected chi connectivity index (χ1v) is 2.02. The second kappa shape index (κ2) is 3.80. The van der Waals surface area contributed by atoms with Gasteiger partial charge in [-0.05, 0) is 11.8 Å². The van der Waals surface area contributed by atoms with Crippen LogP contribution in [-0.4, -0.2) is 11.0 Å². The van der Waals surface area contributed by atoms with Crippen LogP contribution in [0.25, 0.3) is 0 Å². The lowest BCUT2D eigenvalue weighted by Gasteiger charge is -1.66. The minimum absolute atomic E-state index is 0.101. The average Bonchev–Trinajstić information content (AvgIpc) is 1.41. The Balaban J connectivity index is 2.48. The van der Waals surface area contributed by atoms with E-state index in [1.165, 1.54) is 0 Å². The summed E-state index contributed by atoms with van der Waals surface area (Å²) < 4.78 is 0. The van der Waals surface area contributed by atoms with Crippen LogP contribution >= 0.6 is 11.8 Å². The van der Waals surface area contributed by atoms with Crippen molar-refractivity contribution in [2.45, 2.75) is 0 Å². The molecule has 2 nitrogen and oxygen atoms in total. The first kappa shape index (κ1) is 4.80. The van der Waals surface area contributed by atoms with E-state index in [-0.39, 0.29) is 5.94 Å². The van der Waals surface area contributed by atoms with Crippen LogP contribution in [0.15, 0.2) is 0 Å². The third kappa shape index (κ3) is 3.80. The number of hydrogen-bond acceptors (Lipinski definition) is 3. The third-order valence-electron chi connectivity index (χ3n) is 0.129. The number of hydrogen-bond donors (Lipinski definition) is 1. The number of aliphatic hydroxyl groups excluding tert-OH is 1. The summed E-state index contributed by atoms with van der Waals surface area (Å²) in [6, 6.07) is 0. The summed E-state index contributed by atoms with van der Waals surface area (Å²) in [4.78, 5) is 0. The van der Waals surface area contributed by atoms with Crippen molar-refractivity contribution in [3.05, 3.63) is 0 Å². The highest BCUT2D eigenvalue weighted by molar-refractivity contribution is 8.03. The Morgan fingerprint density at radius 3 is 2.60 bits per heavy atom. The molecule has 0 aliphatic rings. The predicted molar refractivity (Wildman–Crippen MR) is 20.3 cm³/mol. The molecular weight excluding hydrogens is 86.1 g/mol. The van der Waals surface area contributed by atoms with E-state index in [2.05, 4.69) is 0 Å². The summed E-state index contributed by atoms with van der Waals surface area (Å²) in [7, 11) is 0. The first-order valence-electron chi connectivity index (χ1n) is 1.03. The SMILES string of the molecule is N#CSCO. The fourth-order valence-electron chi connectivity index (χ4n) is 0.0289. The van der Waals surface area contributed by atoms with Gasteiger partial charge in [0.25, 0.3) is 0 Å². The zero-order chi connectivity index (χ0) is 4.12. The van der Waals surface area contributed by atoms with E-state index in [9.17, 15) is 0 Å². The van der Waals surface area contributed by atoms with Crippen molar-refractivity contribution in [2.75, 3.05) is 5.94 Å². The number of nitriles is 1. The van der Waals surface area contributed by atoms with Crippen LogP contribution < -0.4 is 0 Å². The molecule has 5 heavy (non-hydrogen) atoms. The Hall–Kier alpha value is -0.200. The molecule has 0 aromatic heterocycles. The van der Waals surface area contributed by atoms with Crippen molar-refractivity contribution >= 4 is 11.8 Å². The molecule has 0 atom stereocenters. The van der Waals surface area contributed by atoms with Crippen LogP contribution in [0.2, 0.25) is 0 Å². The van der Waals surface area contributed by atoms with Gasteiger partial charge in [0.15, 0.2) is 0 Å². The van der Waals surface area contributed by atoms with Crippen molar-refractivity contribution in [3.8, 4) is 5.40 Å². The standard InChI is InChI=1S/C2H3NOS/c3-1-5-2-4/h4H,2H2. The van der Waals surface area contributed by atoms with Crippen LogP contribution in [0.3, 0.4) is 0 Å². The van der Waals surface area contributed by atoms with Gasteiger partial charge < -0.3 is 5.11 Å². The number of nitrogens with zero attached hydrogens (tertiary/aromatic N) is 1. The predicted octanol–water partition coefficient (Wildman–Crippen LogP) is 0.150. The van der Waals surface area contributed by atoms with Crippen molar-refractivity contribution in [1.29, 1.82) is 5.26 Å². The lowest BCUT2D eigenvalue weighted by Crippen LogP contribution is -1.61. The van der Waals surface area contributed by atoms with Crippen LogP contribution in [0, 0.1) is 10.7 Å². The fourth-order valence-corrected chi connectivity index (χ4v) is 0.0866. The summed E-state index contributed by atoms with van der Waals surface area (Å²) in [5, 5.41) is 17.1. The van der Waals surface area contributed by atoms with Crippen LogP contribution in [0.5, 0.6) is 0 Å². The molecule has 0 amide bonds. The van der Waals surface area contributed by atoms with Gasteiger partial charge >= 0.3 is 0 Å².